The number of fused-ring (bicyclic) bond motifs is 3. The molecule has 0 atom stereocenters. The van der Waals surface area contributed by atoms with E-state index in [1.807, 2.05) is 0 Å². The Balaban J connectivity index is 1.05. The molecule has 2 aliphatic heterocycles. The van der Waals surface area contributed by atoms with Gasteiger partial charge in [-0.2, -0.15) is 0 Å². The molecule has 1 aromatic heterocycles. The van der Waals surface area contributed by atoms with Crippen LogP contribution in [0.1, 0.15) is 32.1 Å². The summed E-state index contributed by atoms with van der Waals surface area (Å²) in [6.45, 7) is 4.43. The molecule has 1 aliphatic carbocycles. The van der Waals surface area contributed by atoms with E-state index < -0.39 is 28.9 Å². The molecule has 2 fully saturated rings. The molecule has 4 aromatic rings. The lowest BCUT2D eigenvalue weighted by atomic mass is 10.0. The topological polar surface area (TPSA) is 111 Å². The number of pyridine rings is 1. The molecule has 1 saturated carbocycles. The first-order valence-electron chi connectivity index (χ1n) is 15.8. The average molecular weight is 645 g/mol. The van der Waals surface area contributed by atoms with E-state index in [9.17, 15) is 14.0 Å². The number of amides is 2. The number of hydrogen-bond donors (Lipinski definition) is 2. The third-order valence-corrected chi connectivity index (χ3v) is 8.65. The van der Waals surface area contributed by atoms with Crippen LogP contribution in [0.3, 0.4) is 0 Å². The zero-order valence-corrected chi connectivity index (χ0v) is 25.7. The number of hydrogen-bond acceptors (Lipinski definition) is 8. The maximum absolute atomic E-state index is 15.4. The predicted octanol–water partition coefficient (Wildman–Crippen LogP) is 6.30. The Hall–Kier alpha value is -4.97. The van der Waals surface area contributed by atoms with Crippen molar-refractivity contribution < 1.29 is 37.3 Å². The molecule has 7 rings (SSSR count). The van der Waals surface area contributed by atoms with Crippen LogP contribution in [-0.4, -0.2) is 61.2 Å². The standard InChI is InChI=1S/C35H34F2N4O6/c36-22-4-6-23(7-5-22)39-33(42)35(11-12-35)34(43)40-24-8-9-27(25(37)20-24)47-28-10-13-38-26-21-29(31-32(30(26)28)46-19-18-45-31)44-17-3-16-41-14-1-2-15-41/h4-10,13,20-21H,1-3,11-12,14-19H2,(H,39,42)(H,40,43). The summed E-state index contributed by atoms with van der Waals surface area (Å²) in [5, 5.41) is 5.82. The lowest BCUT2D eigenvalue weighted by Gasteiger charge is -2.24. The molecule has 244 valence electrons. The fraction of sp³-hybridized carbons (Fsp3) is 0.343. The van der Waals surface area contributed by atoms with Gasteiger partial charge in [0.1, 0.15) is 30.2 Å². The Morgan fingerprint density at radius 3 is 2.28 bits per heavy atom. The van der Waals surface area contributed by atoms with Gasteiger partial charge in [-0.3, -0.25) is 14.6 Å². The summed E-state index contributed by atoms with van der Waals surface area (Å²) in [4.78, 5) is 32.9. The number of benzene rings is 3. The number of likely N-dealkylation sites (tertiary alicyclic amines) is 1. The summed E-state index contributed by atoms with van der Waals surface area (Å²) in [6.07, 6.45) is 5.60. The number of anilines is 2. The van der Waals surface area contributed by atoms with Crippen molar-refractivity contribution in [2.45, 2.75) is 32.1 Å². The van der Waals surface area contributed by atoms with Gasteiger partial charge in [-0.15, -0.1) is 0 Å². The zero-order chi connectivity index (χ0) is 32.4. The van der Waals surface area contributed by atoms with Crippen LogP contribution >= 0.6 is 0 Å². The summed E-state index contributed by atoms with van der Waals surface area (Å²) >= 11 is 0. The van der Waals surface area contributed by atoms with Crippen LogP contribution in [0.25, 0.3) is 10.9 Å². The van der Waals surface area contributed by atoms with E-state index in [2.05, 4.69) is 20.5 Å². The Kier molecular flexibility index (Phi) is 8.50. The second-order valence-electron chi connectivity index (χ2n) is 11.9. The average Bonchev–Trinajstić information content (AvgIpc) is 3.74. The van der Waals surface area contributed by atoms with Crippen LogP contribution in [0.5, 0.6) is 28.7 Å². The molecule has 3 aliphatic rings. The second kappa shape index (κ2) is 13.0. The van der Waals surface area contributed by atoms with Crippen molar-refractivity contribution in [3.63, 3.8) is 0 Å². The van der Waals surface area contributed by atoms with Gasteiger partial charge in [-0.25, -0.2) is 8.78 Å². The molecule has 0 radical (unpaired) electrons. The maximum atomic E-state index is 15.4. The molecule has 10 nitrogen and oxygen atoms in total. The summed E-state index contributed by atoms with van der Waals surface area (Å²) in [5.41, 5.74) is -0.199. The number of carbonyl (C=O) groups excluding carboxylic acids is 2. The Labute approximate surface area is 270 Å². The van der Waals surface area contributed by atoms with Crippen molar-refractivity contribution in [3.05, 3.63) is 72.4 Å². The van der Waals surface area contributed by atoms with E-state index in [-0.39, 0.29) is 11.4 Å². The highest BCUT2D eigenvalue weighted by molar-refractivity contribution is 6.16. The number of carbonyl (C=O) groups is 2. The molecule has 2 amide bonds. The monoisotopic (exact) mass is 644 g/mol. The number of aromatic nitrogens is 1. The van der Waals surface area contributed by atoms with Gasteiger partial charge in [0.15, 0.2) is 23.1 Å². The minimum Gasteiger partial charge on any atom is -0.489 e. The van der Waals surface area contributed by atoms with E-state index in [1.165, 1.54) is 49.2 Å². The van der Waals surface area contributed by atoms with Gasteiger partial charge in [-0.1, -0.05) is 0 Å². The summed E-state index contributed by atoms with van der Waals surface area (Å²) in [7, 11) is 0. The molecular formula is C35H34F2N4O6. The van der Waals surface area contributed by atoms with Gasteiger partial charge in [0.05, 0.1) is 17.5 Å². The summed E-state index contributed by atoms with van der Waals surface area (Å²) < 4.78 is 52.7. The van der Waals surface area contributed by atoms with Crippen LogP contribution in [0.2, 0.25) is 0 Å². The molecule has 3 aromatic carbocycles. The van der Waals surface area contributed by atoms with Crippen molar-refractivity contribution in [3.8, 4) is 28.7 Å². The van der Waals surface area contributed by atoms with E-state index >= 15 is 4.39 Å². The SMILES string of the molecule is O=C(Nc1ccc(F)cc1)C1(C(=O)Nc2ccc(Oc3ccnc4cc(OCCCN5CCCC5)c5c(c34)OCCO5)c(F)c2)CC1. The van der Waals surface area contributed by atoms with Crippen molar-refractivity contribution in [2.75, 3.05) is 50.1 Å². The van der Waals surface area contributed by atoms with Gasteiger partial charge in [-0.05, 0) is 87.7 Å². The van der Waals surface area contributed by atoms with Crippen LogP contribution < -0.4 is 29.6 Å². The largest absolute Gasteiger partial charge is 0.489 e. The Morgan fingerprint density at radius 2 is 1.55 bits per heavy atom. The first-order chi connectivity index (χ1) is 22.9. The van der Waals surface area contributed by atoms with Crippen LogP contribution in [-0.2, 0) is 9.59 Å². The molecule has 12 heteroatoms. The summed E-state index contributed by atoms with van der Waals surface area (Å²) in [5.74, 6) is -0.585. The highest BCUT2D eigenvalue weighted by Gasteiger charge is 2.56. The third kappa shape index (κ3) is 6.50. The zero-order valence-electron chi connectivity index (χ0n) is 25.7. The highest BCUT2D eigenvalue weighted by Crippen LogP contribution is 2.49. The van der Waals surface area contributed by atoms with E-state index in [0.29, 0.717) is 72.3 Å². The van der Waals surface area contributed by atoms with E-state index in [0.717, 1.165) is 32.1 Å². The molecule has 3 heterocycles. The summed E-state index contributed by atoms with van der Waals surface area (Å²) in [6, 6.07) is 12.7. The lowest BCUT2D eigenvalue weighted by Crippen LogP contribution is -2.35. The van der Waals surface area contributed by atoms with Gasteiger partial charge < -0.3 is 34.5 Å². The fourth-order valence-electron chi connectivity index (χ4n) is 5.94. The fourth-order valence-corrected chi connectivity index (χ4v) is 5.94. The Morgan fingerprint density at radius 1 is 0.851 bits per heavy atom. The molecular weight excluding hydrogens is 610 g/mol. The first-order valence-corrected chi connectivity index (χ1v) is 15.8. The first kappa shape index (κ1) is 30.7. The minimum atomic E-state index is -1.28. The number of rotatable bonds is 11. The van der Waals surface area contributed by atoms with Crippen LogP contribution in [0.15, 0.2) is 60.8 Å². The van der Waals surface area contributed by atoms with E-state index in [1.54, 1.807) is 18.3 Å². The predicted molar refractivity (Wildman–Crippen MR) is 170 cm³/mol. The molecule has 47 heavy (non-hydrogen) atoms. The maximum Gasteiger partial charge on any atom is 0.240 e. The number of ether oxygens (including phenoxy) is 4. The van der Waals surface area contributed by atoms with Crippen LogP contribution in [0, 0.1) is 17.0 Å². The number of nitrogens with one attached hydrogen (secondary N) is 2. The normalized spacial score (nSPS) is 16.5. The van der Waals surface area contributed by atoms with Crippen molar-refractivity contribution in [1.29, 1.82) is 0 Å². The lowest BCUT2D eigenvalue weighted by molar-refractivity contribution is -0.131. The molecule has 0 spiro atoms. The second-order valence-corrected chi connectivity index (χ2v) is 11.9. The number of halogens is 2. The van der Waals surface area contributed by atoms with Gasteiger partial charge in [0, 0.05) is 36.2 Å². The third-order valence-electron chi connectivity index (χ3n) is 8.65. The van der Waals surface area contributed by atoms with E-state index in [4.69, 9.17) is 18.9 Å². The van der Waals surface area contributed by atoms with Crippen LogP contribution in [0.4, 0.5) is 20.2 Å². The quantitative estimate of drug-likeness (QED) is 0.145. The van der Waals surface area contributed by atoms with Crippen molar-refractivity contribution >= 4 is 34.1 Å². The minimum absolute atomic E-state index is 0.0848. The highest BCUT2D eigenvalue weighted by atomic mass is 19.1. The van der Waals surface area contributed by atoms with Crippen molar-refractivity contribution in [1.82, 2.24) is 9.88 Å². The smallest absolute Gasteiger partial charge is 0.240 e. The van der Waals surface area contributed by atoms with Gasteiger partial charge >= 0.3 is 0 Å². The molecule has 0 unspecified atom stereocenters. The molecule has 0 bridgehead atoms. The molecule has 1 saturated heterocycles. The Bertz CT molecular complexity index is 1810. The van der Waals surface area contributed by atoms with Crippen molar-refractivity contribution in [2.24, 2.45) is 5.41 Å². The van der Waals surface area contributed by atoms with Gasteiger partial charge in [0.25, 0.3) is 0 Å². The molecule has 2 N–H and O–H groups in total. The van der Waals surface area contributed by atoms with Gasteiger partial charge in [0.2, 0.25) is 17.6 Å². The number of nitrogens with zero attached hydrogens (tertiary/aromatic N) is 2.